The maximum atomic E-state index is 5.56. The van der Waals surface area contributed by atoms with Gasteiger partial charge in [0.2, 0.25) is 10.5 Å². The van der Waals surface area contributed by atoms with Crippen molar-refractivity contribution in [2.45, 2.75) is 65.2 Å². The van der Waals surface area contributed by atoms with Crippen LogP contribution in [0.15, 0.2) is 251 Å². The first kappa shape index (κ1) is 71.6. The summed E-state index contributed by atoms with van der Waals surface area (Å²) in [6.45, 7) is 9.98. The number of nitrogen functional groups attached to an aromatic ring is 1. The zero-order valence-corrected chi connectivity index (χ0v) is 65.9. The lowest BCUT2D eigenvalue weighted by Gasteiger charge is -2.13. The molecule has 13 aromatic rings. The Balaban J connectivity index is 0.000000117. The molecule has 0 saturated heterocycles. The van der Waals surface area contributed by atoms with Gasteiger partial charge in [0, 0.05) is 86.7 Å². The second-order valence-corrected chi connectivity index (χ2v) is 32.7. The van der Waals surface area contributed by atoms with Crippen molar-refractivity contribution in [1.29, 1.82) is 0 Å². The summed E-state index contributed by atoms with van der Waals surface area (Å²) in [4.78, 5) is 31.6. The van der Waals surface area contributed by atoms with E-state index in [0.29, 0.717) is 4.99 Å². The van der Waals surface area contributed by atoms with Crippen LogP contribution in [0.3, 0.4) is 0 Å². The van der Waals surface area contributed by atoms with Gasteiger partial charge in [0.05, 0.1) is 86.0 Å². The number of thiocarbonyl (C=S) groups is 1. The molecular weight excluding hydrogens is 1570 g/mol. The first-order valence-electron chi connectivity index (χ1n) is 32.3. The largest absolute Gasteiger partial charge is 0.398 e. The van der Waals surface area contributed by atoms with Crippen LogP contribution in [-0.2, 0) is 39.8 Å². The molecule has 9 heterocycles. The van der Waals surface area contributed by atoms with Crippen LogP contribution < -0.4 is 25.5 Å². The minimum Gasteiger partial charge on any atom is -0.398 e. The van der Waals surface area contributed by atoms with E-state index in [9.17, 15) is 0 Å². The third kappa shape index (κ3) is 17.9. The molecule has 0 unspecified atom stereocenters. The number of hydrogen-bond acceptors (Lipinski definition) is 13. The van der Waals surface area contributed by atoms with Gasteiger partial charge in [-0.05, 0) is 198 Å². The van der Waals surface area contributed by atoms with Crippen LogP contribution in [0.2, 0.25) is 0 Å². The van der Waals surface area contributed by atoms with Crippen molar-refractivity contribution >= 4 is 211 Å². The van der Waals surface area contributed by atoms with Gasteiger partial charge in [-0.25, -0.2) is 14.5 Å². The van der Waals surface area contributed by atoms with Gasteiger partial charge in [0.1, 0.15) is 18.8 Å². The Morgan fingerprint density at radius 3 is 1.51 bits per heavy atom. The van der Waals surface area contributed by atoms with Crippen LogP contribution in [0.5, 0.6) is 0 Å². The van der Waals surface area contributed by atoms with E-state index in [4.69, 9.17) is 26.4 Å². The molecule has 0 aliphatic carbocycles. The quantitative estimate of drug-likeness (QED) is 0.0774. The zero-order valence-electron chi connectivity index (χ0n) is 56.5. The topological polar surface area (TPSA) is 138 Å². The van der Waals surface area contributed by atoms with Crippen molar-refractivity contribution in [3.05, 3.63) is 290 Å². The summed E-state index contributed by atoms with van der Waals surface area (Å²) in [6, 6.07) is 69.5. The molecule has 19 heteroatoms. The fourth-order valence-electron chi connectivity index (χ4n) is 11.6. The Kier molecular flexibility index (Phi) is 23.3. The number of nitrogens with zero attached hydrogens (tertiary/aromatic N) is 9. The third-order valence-electron chi connectivity index (χ3n) is 16.7. The van der Waals surface area contributed by atoms with E-state index in [2.05, 4.69) is 300 Å². The lowest BCUT2D eigenvalue weighted by molar-refractivity contribution is -0.671. The lowest BCUT2D eigenvalue weighted by atomic mass is 10.0. The van der Waals surface area contributed by atoms with Crippen molar-refractivity contribution < 1.29 is 9.13 Å². The summed E-state index contributed by atoms with van der Waals surface area (Å²) in [5.74, 6) is 0. The first-order chi connectivity index (χ1) is 48.2. The highest BCUT2D eigenvalue weighted by Crippen LogP contribution is 2.47. The van der Waals surface area contributed by atoms with Crippen LogP contribution in [0.4, 0.5) is 34.1 Å². The second-order valence-electron chi connectivity index (χ2n) is 24.3. The van der Waals surface area contributed by atoms with Crippen LogP contribution in [0.1, 0.15) is 73.4 Å². The van der Waals surface area contributed by atoms with Crippen LogP contribution >= 0.6 is 112 Å². The van der Waals surface area contributed by atoms with Crippen molar-refractivity contribution in [3.8, 4) is 0 Å². The summed E-state index contributed by atoms with van der Waals surface area (Å²) < 4.78 is 11.4. The SMILES string of the molecule is CC(N)=S.CC1=Nc2ccccc2C1.CN1/C(=C/c2cc[n+](C)cc2)Sc2cc(C3=Nc4ccccc4C3)ccc21.Cc1nc2ccc(Br)cc2s1.Cc1nc2ccc(C3=Nc4ccccc4C3)cc2s1.Cc1sc2cc(C3=Nc4ccccc4C3)ccc2[n+]1C.Nc1ccc(Br)cc1I. The first-order valence-corrected chi connectivity index (χ1v) is 38.7. The monoisotopic (exact) mass is 1640 g/mol. The summed E-state index contributed by atoms with van der Waals surface area (Å²) >= 11 is 20.4. The molecule has 4 N–H and O–H groups in total. The van der Waals surface area contributed by atoms with Crippen molar-refractivity contribution in [2.24, 2.45) is 39.8 Å². The van der Waals surface area contributed by atoms with Crippen molar-refractivity contribution in [1.82, 2.24) is 9.97 Å². The van der Waals surface area contributed by atoms with E-state index < -0.39 is 0 Å². The highest BCUT2D eigenvalue weighted by molar-refractivity contribution is 14.1. The molecule has 0 saturated carbocycles. The number of rotatable bonds is 4. The van der Waals surface area contributed by atoms with E-state index >= 15 is 0 Å². The average Bonchev–Trinajstić information content (AvgIpc) is 1.65. The summed E-state index contributed by atoms with van der Waals surface area (Å²) in [7, 11) is 6.29. The number of thioether (sulfide) groups is 1. The molecule has 11 nitrogen and oxygen atoms in total. The lowest BCUT2D eigenvalue weighted by Crippen LogP contribution is -2.28. The van der Waals surface area contributed by atoms with E-state index in [1.54, 1.807) is 29.6 Å². The number of aliphatic imine (C=N–C) groups is 4. The number of hydrogen-bond donors (Lipinski definition) is 2. The summed E-state index contributed by atoms with van der Waals surface area (Å²) in [5.41, 5.74) is 35.4. The number of pyridine rings is 1. The van der Waals surface area contributed by atoms with E-state index in [0.717, 1.165) is 99.1 Å². The Morgan fingerprint density at radius 2 is 0.990 bits per heavy atom. The molecule has 18 rings (SSSR count). The molecule has 100 heavy (non-hydrogen) atoms. The fraction of sp³-hybridized carbons (Fsp3) is 0.148. The molecule has 500 valence electrons. The van der Waals surface area contributed by atoms with Gasteiger partial charge in [0.25, 0.3) is 0 Å². The number of para-hydroxylation sites is 4. The second kappa shape index (κ2) is 32.6. The predicted octanol–water partition coefficient (Wildman–Crippen LogP) is 21.4. The molecule has 5 aliphatic heterocycles. The highest BCUT2D eigenvalue weighted by atomic mass is 127. The van der Waals surface area contributed by atoms with Gasteiger partial charge in [-0.3, -0.25) is 20.0 Å². The molecule has 0 radical (unpaired) electrons. The maximum absolute atomic E-state index is 5.56. The number of fused-ring (bicyclic) bond motifs is 8. The van der Waals surface area contributed by atoms with Crippen molar-refractivity contribution in [2.75, 3.05) is 17.7 Å². The Labute approximate surface area is 636 Å². The fourth-order valence-corrected chi connectivity index (χ4v) is 17.4. The number of benzene rings is 9. The molecule has 4 aromatic heterocycles. The minimum absolute atomic E-state index is 0.500. The van der Waals surface area contributed by atoms with Gasteiger partial charge in [-0.1, -0.05) is 152 Å². The minimum atomic E-state index is 0.500. The zero-order chi connectivity index (χ0) is 70.1. The third-order valence-corrected chi connectivity index (χ3v) is 22.7. The number of anilines is 2. The molecule has 0 amide bonds. The molecule has 5 aliphatic rings. The Morgan fingerprint density at radius 1 is 0.540 bits per heavy atom. The van der Waals surface area contributed by atoms with Crippen molar-refractivity contribution in [3.63, 3.8) is 0 Å². The van der Waals surface area contributed by atoms with E-state index in [1.807, 2.05) is 86.5 Å². The van der Waals surface area contributed by atoms with Crippen LogP contribution in [0, 0.1) is 24.3 Å². The van der Waals surface area contributed by atoms with E-state index in [-0.39, 0.29) is 0 Å². The molecule has 0 spiro atoms. The van der Waals surface area contributed by atoms with Gasteiger partial charge < -0.3 is 16.4 Å². The average molecular weight is 1650 g/mol. The molecule has 0 bridgehead atoms. The molecule has 9 aromatic carbocycles. The normalized spacial score (nSPS) is 13.5. The van der Waals surface area contributed by atoms with Gasteiger partial charge in [0.15, 0.2) is 12.4 Å². The smallest absolute Gasteiger partial charge is 0.234 e. The van der Waals surface area contributed by atoms with Gasteiger partial charge in [-0.15, -0.1) is 22.7 Å². The summed E-state index contributed by atoms with van der Waals surface area (Å²) in [5, 5.41) is 4.81. The van der Waals surface area contributed by atoms with Crippen LogP contribution in [0.25, 0.3) is 36.7 Å². The number of halogens is 3. The standard InChI is InChI=1S/C23H20N3S.C17H15N2S.C16H12N2S.C9H9N.C8H6BrNS.C6H5BrIN.C2H5NS/c1-25-11-9-16(10-12-25)13-23-26(2)21-8-7-18(15-22(21)27-23)20-14-17-5-3-4-6-19(17)24-20;1-11-19(2)16-8-7-13(10-17(16)20-11)15-9-12-5-3-4-6-14(12)18-15;1-10-17-14-7-6-12(9-16(14)19-10)15-8-11-4-2-3-5-13(11)18-15;1-7-6-8-4-2-3-5-9(8)10-7;1-5-10-7-3-2-6(9)4-8(7)11-5;7-4-1-2-6(9)5(8)3-4;1-2(3)4/h3-13,15H,14H2,1-2H3;3-8,10H,9H2,1-2H3;2-7,9H,8H2,1H3;2-5H,6H2,1H3;2-4H,1H3;1-3H,9H2;1H3,(H2,3,4)/q2*+1;;;;;. The molecule has 0 fully saturated rings. The number of aromatic nitrogens is 4. The van der Waals surface area contributed by atoms with Gasteiger partial charge >= 0.3 is 0 Å². The van der Waals surface area contributed by atoms with E-state index in [1.165, 1.54) is 96.2 Å². The number of nitrogens with two attached hydrogens (primary N) is 2. The number of aryl methyl sites for hydroxylation is 5. The summed E-state index contributed by atoms with van der Waals surface area (Å²) in [6.07, 6.45) is 10.2. The number of thiazole rings is 3. The molecular formula is C81H72Br2IN11S5+2. The Bertz CT molecular complexity index is 5390. The molecule has 0 atom stereocenters. The van der Waals surface area contributed by atoms with Gasteiger partial charge in [-0.2, -0.15) is 4.57 Å². The maximum Gasteiger partial charge on any atom is 0.234 e. The highest BCUT2D eigenvalue weighted by Gasteiger charge is 2.25. The predicted molar refractivity (Wildman–Crippen MR) is 446 cm³/mol. The van der Waals surface area contributed by atoms with Crippen LogP contribution in [-0.4, -0.2) is 44.9 Å². The Hall–Kier alpha value is -8.25.